The van der Waals surface area contributed by atoms with Gasteiger partial charge in [0.2, 0.25) is 0 Å². The van der Waals surface area contributed by atoms with Gasteiger partial charge in [-0.1, -0.05) is 24.6 Å². The summed E-state index contributed by atoms with van der Waals surface area (Å²) in [6.45, 7) is 8.75. The smallest absolute Gasteiger partial charge is 0.141 e. The van der Waals surface area contributed by atoms with Gasteiger partial charge < -0.3 is 10.2 Å². The Kier molecular flexibility index (Phi) is 5.82. The largest absolute Gasteiger partial charge is 0.310 e. The molecule has 1 aliphatic rings. The molecule has 0 amide bonds. The summed E-state index contributed by atoms with van der Waals surface area (Å²) in [5.74, 6) is 0.342. The van der Waals surface area contributed by atoms with Crippen LogP contribution in [0.5, 0.6) is 0 Å². The van der Waals surface area contributed by atoms with Crippen molar-refractivity contribution in [3.8, 4) is 0 Å². The van der Waals surface area contributed by atoms with Crippen LogP contribution in [-0.4, -0.2) is 30.6 Å². The van der Waals surface area contributed by atoms with Gasteiger partial charge in [0.05, 0.1) is 5.02 Å². The van der Waals surface area contributed by atoms with E-state index in [-0.39, 0.29) is 10.8 Å². The average molecular weight is 299 g/mol. The van der Waals surface area contributed by atoms with Gasteiger partial charge in [-0.2, -0.15) is 0 Å². The Morgan fingerprint density at radius 2 is 2.30 bits per heavy atom. The molecule has 112 valence electrons. The molecule has 1 fully saturated rings. The molecule has 2 atom stereocenters. The maximum atomic E-state index is 13.1. The van der Waals surface area contributed by atoms with E-state index in [4.69, 9.17) is 11.6 Å². The van der Waals surface area contributed by atoms with Gasteiger partial charge in [-0.15, -0.1) is 0 Å². The second-order valence-electron chi connectivity index (χ2n) is 5.71. The van der Waals surface area contributed by atoms with Crippen LogP contribution in [0.2, 0.25) is 5.02 Å². The maximum absolute atomic E-state index is 13.1. The normalized spacial score (nSPS) is 21.9. The standard InChI is InChI=1S/C16H24ClFN2/c1-3-20-8-4-5-14(11-20)12(2)19-10-13-6-7-16(18)15(17)9-13/h6-7,9,12,14,19H,3-5,8,10-11H2,1-2H3. The zero-order valence-electron chi connectivity index (χ0n) is 12.3. The van der Waals surface area contributed by atoms with E-state index in [1.165, 1.54) is 32.0 Å². The van der Waals surface area contributed by atoms with Crippen molar-refractivity contribution in [2.24, 2.45) is 5.92 Å². The molecule has 1 aliphatic heterocycles. The summed E-state index contributed by atoms with van der Waals surface area (Å²) in [5, 5.41) is 3.75. The molecule has 0 saturated carbocycles. The summed E-state index contributed by atoms with van der Waals surface area (Å²) in [5.41, 5.74) is 1.03. The van der Waals surface area contributed by atoms with Crippen LogP contribution < -0.4 is 5.32 Å². The number of nitrogens with zero attached hydrogens (tertiary/aromatic N) is 1. The van der Waals surface area contributed by atoms with Gasteiger partial charge in [0.15, 0.2) is 0 Å². The number of hydrogen-bond donors (Lipinski definition) is 1. The Morgan fingerprint density at radius 1 is 1.50 bits per heavy atom. The monoisotopic (exact) mass is 298 g/mol. The highest BCUT2D eigenvalue weighted by molar-refractivity contribution is 6.30. The second-order valence-corrected chi connectivity index (χ2v) is 6.12. The average Bonchev–Trinajstić information content (AvgIpc) is 2.48. The van der Waals surface area contributed by atoms with Gasteiger partial charge >= 0.3 is 0 Å². The van der Waals surface area contributed by atoms with E-state index >= 15 is 0 Å². The van der Waals surface area contributed by atoms with Crippen LogP contribution in [0.25, 0.3) is 0 Å². The highest BCUT2D eigenvalue weighted by atomic mass is 35.5. The summed E-state index contributed by atoms with van der Waals surface area (Å²) >= 11 is 5.81. The molecule has 2 unspecified atom stereocenters. The number of hydrogen-bond acceptors (Lipinski definition) is 2. The SMILES string of the molecule is CCN1CCCC(C(C)NCc2ccc(F)c(Cl)c2)C1. The number of piperidine rings is 1. The minimum absolute atomic E-state index is 0.201. The number of benzene rings is 1. The molecule has 0 bridgehead atoms. The van der Waals surface area contributed by atoms with Crippen LogP contribution >= 0.6 is 11.6 Å². The van der Waals surface area contributed by atoms with Crippen molar-refractivity contribution in [2.45, 2.75) is 39.3 Å². The number of likely N-dealkylation sites (tertiary alicyclic amines) is 1. The molecule has 0 spiro atoms. The van der Waals surface area contributed by atoms with Gasteiger partial charge in [0.25, 0.3) is 0 Å². The van der Waals surface area contributed by atoms with Crippen LogP contribution in [0, 0.1) is 11.7 Å². The van der Waals surface area contributed by atoms with Crippen LogP contribution in [0.15, 0.2) is 18.2 Å². The lowest BCUT2D eigenvalue weighted by molar-refractivity contribution is 0.157. The molecule has 1 heterocycles. The van der Waals surface area contributed by atoms with Crippen molar-refractivity contribution in [1.82, 2.24) is 10.2 Å². The number of nitrogens with one attached hydrogen (secondary N) is 1. The molecule has 0 aliphatic carbocycles. The van der Waals surface area contributed by atoms with Crippen molar-refractivity contribution in [3.05, 3.63) is 34.6 Å². The summed E-state index contributed by atoms with van der Waals surface area (Å²) in [7, 11) is 0. The van der Waals surface area contributed by atoms with E-state index in [2.05, 4.69) is 24.1 Å². The van der Waals surface area contributed by atoms with Crippen molar-refractivity contribution in [3.63, 3.8) is 0 Å². The minimum atomic E-state index is -0.352. The maximum Gasteiger partial charge on any atom is 0.141 e. The van der Waals surface area contributed by atoms with Crippen LogP contribution in [0.3, 0.4) is 0 Å². The molecule has 1 saturated heterocycles. The zero-order chi connectivity index (χ0) is 14.5. The van der Waals surface area contributed by atoms with E-state index < -0.39 is 0 Å². The molecule has 4 heteroatoms. The molecular formula is C16H24ClFN2. The van der Waals surface area contributed by atoms with Gasteiger partial charge in [-0.05, 0) is 56.5 Å². The summed E-state index contributed by atoms with van der Waals surface area (Å²) in [4.78, 5) is 2.51. The fourth-order valence-corrected chi connectivity index (χ4v) is 3.08. The number of rotatable bonds is 5. The third kappa shape index (κ3) is 4.18. The van der Waals surface area contributed by atoms with E-state index in [1.54, 1.807) is 12.1 Å². The van der Waals surface area contributed by atoms with E-state index in [0.29, 0.717) is 12.0 Å². The minimum Gasteiger partial charge on any atom is -0.310 e. The third-order valence-corrected chi connectivity index (χ3v) is 4.60. The second kappa shape index (κ2) is 7.39. The Hall–Kier alpha value is -0.640. The highest BCUT2D eigenvalue weighted by Gasteiger charge is 2.23. The lowest BCUT2D eigenvalue weighted by atomic mass is 9.91. The van der Waals surface area contributed by atoms with E-state index in [1.807, 2.05) is 0 Å². The molecular weight excluding hydrogens is 275 g/mol. The Morgan fingerprint density at radius 3 is 3.00 bits per heavy atom. The predicted octanol–water partition coefficient (Wildman–Crippen LogP) is 3.69. The molecule has 1 N–H and O–H groups in total. The first-order valence-corrected chi connectivity index (χ1v) is 7.87. The summed E-state index contributed by atoms with van der Waals surface area (Å²) in [6, 6.07) is 5.40. The fourth-order valence-electron chi connectivity index (χ4n) is 2.88. The van der Waals surface area contributed by atoms with Crippen LogP contribution in [0.1, 0.15) is 32.3 Å². The molecule has 20 heavy (non-hydrogen) atoms. The van der Waals surface area contributed by atoms with E-state index in [9.17, 15) is 4.39 Å². The van der Waals surface area contributed by atoms with Crippen molar-refractivity contribution < 1.29 is 4.39 Å². The lowest BCUT2D eigenvalue weighted by Gasteiger charge is -2.35. The molecule has 2 nitrogen and oxygen atoms in total. The summed E-state index contributed by atoms with van der Waals surface area (Å²) < 4.78 is 13.1. The van der Waals surface area contributed by atoms with Gasteiger partial charge in [-0.25, -0.2) is 4.39 Å². The fraction of sp³-hybridized carbons (Fsp3) is 0.625. The first kappa shape index (κ1) is 15.7. The third-order valence-electron chi connectivity index (χ3n) is 4.31. The predicted molar refractivity (Wildman–Crippen MR) is 82.5 cm³/mol. The van der Waals surface area contributed by atoms with Gasteiger partial charge in [0.1, 0.15) is 5.82 Å². The Labute approximate surface area is 126 Å². The van der Waals surface area contributed by atoms with Crippen molar-refractivity contribution in [1.29, 1.82) is 0 Å². The molecule has 0 radical (unpaired) electrons. The van der Waals surface area contributed by atoms with Crippen LogP contribution in [-0.2, 0) is 6.54 Å². The molecule has 1 aromatic rings. The van der Waals surface area contributed by atoms with Gasteiger partial charge in [-0.3, -0.25) is 0 Å². The lowest BCUT2D eigenvalue weighted by Crippen LogP contribution is -2.44. The van der Waals surface area contributed by atoms with E-state index in [0.717, 1.165) is 18.7 Å². The Bertz CT molecular complexity index is 438. The molecule has 2 rings (SSSR count). The highest BCUT2D eigenvalue weighted by Crippen LogP contribution is 2.20. The molecule has 1 aromatic carbocycles. The van der Waals surface area contributed by atoms with Gasteiger partial charge in [0, 0.05) is 19.1 Å². The summed E-state index contributed by atoms with van der Waals surface area (Å²) in [6.07, 6.45) is 2.57. The first-order valence-electron chi connectivity index (χ1n) is 7.49. The topological polar surface area (TPSA) is 15.3 Å². The number of halogens is 2. The van der Waals surface area contributed by atoms with Crippen molar-refractivity contribution >= 4 is 11.6 Å². The zero-order valence-corrected chi connectivity index (χ0v) is 13.1. The van der Waals surface area contributed by atoms with Crippen LogP contribution in [0.4, 0.5) is 4.39 Å². The first-order chi connectivity index (χ1) is 9.60. The van der Waals surface area contributed by atoms with Crippen molar-refractivity contribution in [2.75, 3.05) is 19.6 Å². The quantitative estimate of drug-likeness (QED) is 0.892. The Balaban J connectivity index is 1.84. The molecule has 0 aromatic heterocycles.